The molecule has 0 radical (unpaired) electrons. The van der Waals surface area contributed by atoms with E-state index in [4.69, 9.17) is 16.3 Å². The first-order chi connectivity index (χ1) is 14.0. The normalized spacial score (nSPS) is 14.3. The highest BCUT2D eigenvalue weighted by Crippen LogP contribution is 2.35. The molecule has 0 aromatic heterocycles. The van der Waals surface area contributed by atoms with E-state index in [2.05, 4.69) is 5.32 Å². The summed E-state index contributed by atoms with van der Waals surface area (Å²) in [5.74, 6) is -0.179. The molecule has 3 rings (SSSR count). The van der Waals surface area contributed by atoms with E-state index in [1.165, 1.54) is 18.2 Å². The number of nitrogens with zero attached hydrogens (tertiary/aromatic N) is 2. The first-order valence-electron chi connectivity index (χ1n) is 9.11. The molecule has 0 unspecified atom stereocenters. The average Bonchev–Trinajstić information content (AvgIpc) is 3.21. The summed E-state index contributed by atoms with van der Waals surface area (Å²) in [7, 11) is 0. The fourth-order valence-corrected chi connectivity index (χ4v) is 3.32. The number of nitriles is 1. The van der Waals surface area contributed by atoms with Crippen molar-refractivity contribution in [3.05, 3.63) is 68.7 Å². The van der Waals surface area contributed by atoms with Crippen molar-refractivity contribution in [1.82, 2.24) is 5.32 Å². The van der Waals surface area contributed by atoms with Gasteiger partial charge in [-0.15, -0.1) is 0 Å². The molecule has 7 nitrogen and oxygen atoms in total. The molecular formula is C21H18ClN3O4. The van der Waals surface area contributed by atoms with Crippen LogP contribution in [-0.2, 0) is 4.79 Å². The van der Waals surface area contributed by atoms with Gasteiger partial charge in [0.05, 0.1) is 9.95 Å². The number of benzene rings is 2. The minimum Gasteiger partial charge on any atom is -0.449 e. The number of ether oxygens (including phenoxy) is 1. The molecule has 1 saturated carbocycles. The van der Waals surface area contributed by atoms with E-state index < -0.39 is 10.8 Å². The van der Waals surface area contributed by atoms with Crippen molar-refractivity contribution in [3.63, 3.8) is 0 Å². The molecule has 2 aromatic carbocycles. The van der Waals surface area contributed by atoms with E-state index in [-0.39, 0.29) is 28.8 Å². The van der Waals surface area contributed by atoms with Crippen LogP contribution >= 0.6 is 11.6 Å². The molecule has 0 spiro atoms. The summed E-state index contributed by atoms with van der Waals surface area (Å²) in [6.45, 7) is 0. The molecule has 0 bridgehead atoms. The van der Waals surface area contributed by atoms with E-state index >= 15 is 0 Å². The summed E-state index contributed by atoms with van der Waals surface area (Å²) in [6.07, 6.45) is 5.22. The van der Waals surface area contributed by atoms with Crippen molar-refractivity contribution in [2.24, 2.45) is 0 Å². The third-order valence-electron chi connectivity index (χ3n) is 4.60. The molecule has 0 aliphatic heterocycles. The van der Waals surface area contributed by atoms with Gasteiger partial charge in [0, 0.05) is 12.1 Å². The lowest BCUT2D eigenvalue weighted by Crippen LogP contribution is -2.33. The zero-order valence-electron chi connectivity index (χ0n) is 15.4. The predicted molar refractivity (Wildman–Crippen MR) is 109 cm³/mol. The van der Waals surface area contributed by atoms with Crippen molar-refractivity contribution in [2.75, 3.05) is 0 Å². The molecule has 2 aromatic rings. The molecule has 0 atom stereocenters. The fourth-order valence-electron chi connectivity index (χ4n) is 3.15. The Labute approximate surface area is 172 Å². The van der Waals surface area contributed by atoms with Gasteiger partial charge in [0.1, 0.15) is 17.4 Å². The Morgan fingerprint density at radius 2 is 1.97 bits per heavy atom. The van der Waals surface area contributed by atoms with Gasteiger partial charge in [0.2, 0.25) is 5.75 Å². The highest BCUT2D eigenvalue weighted by atomic mass is 35.5. The van der Waals surface area contributed by atoms with Gasteiger partial charge in [-0.25, -0.2) is 0 Å². The van der Waals surface area contributed by atoms with Gasteiger partial charge >= 0.3 is 5.69 Å². The van der Waals surface area contributed by atoms with E-state index in [0.29, 0.717) is 10.6 Å². The number of nitro benzene ring substituents is 1. The van der Waals surface area contributed by atoms with Crippen molar-refractivity contribution >= 4 is 29.3 Å². The van der Waals surface area contributed by atoms with Gasteiger partial charge in [-0.2, -0.15) is 5.26 Å². The summed E-state index contributed by atoms with van der Waals surface area (Å²) in [5.41, 5.74) is -0.0561. The standard InChI is InChI=1S/C21H18ClN3O4/c22-17-7-3-4-8-19(17)29-20-10-9-14(12-18(20)25(27)28)11-15(13-23)21(26)24-16-5-1-2-6-16/h3-4,7-12,16H,1-2,5-6H2,(H,24,26)/b15-11+. The lowest BCUT2D eigenvalue weighted by molar-refractivity contribution is -0.385. The highest BCUT2D eigenvalue weighted by molar-refractivity contribution is 6.32. The predicted octanol–water partition coefficient (Wildman–Crippen LogP) is 5.01. The number of carbonyl (C=O) groups excluding carboxylic acids is 1. The zero-order valence-corrected chi connectivity index (χ0v) is 16.2. The van der Waals surface area contributed by atoms with Crippen LogP contribution in [0.3, 0.4) is 0 Å². The van der Waals surface area contributed by atoms with Crippen molar-refractivity contribution < 1.29 is 14.5 Å². The fraction of sp³-hybridized carbons (Fsp3) is 0.238. The van der Waals surface area contributed by atoms with Crippen LogP contribution in [0, 0.1) is 21.4 Å². The van der Waals surface area contributed by atoms with Crippen molar-refractivity contribution in [1.29, 1.82) is 5.26 Å². The third-order valence-corrected chi connectivity index (χ3v) is 4.91. The number of carbonyl (C=O) groups is 1. The van der Waals surface area contributed by atoms with Gasteiger partial charge in [-0.05, 0) is 42.7 Å². The van der Waals surface area contributed by atoms with Crippen LogP contribution in [0.5, 0.6) is 11.5 Å². The van der Waals surface area contributed by atoms with Crippen LogP contribution in [0.2, 0.25) is 5.02 Å². The molecule has 1 N–H and O–H groups in total. The van der Waals surface area contributed by atoms with Crippen LogP contribution < -0.4 is 10.1 Å². The van der Waals surface area contributed by atoms with E-state index in [1.54, 1.807) is 30.3 Å². The maximum atomic E-state index is 12.3. The van der Waals surface area contributed by atoms with Crippen LogP contribution in [0.4, 0.5) is 5.69 Å². The van der Waals surface area contributed by atoms with E-state index in [9.17, 15) is 20.2 Å². The average molecular weight is 412 g/mol. The largest absolute Gasteiger partial charge is 0.449 e. The van der Waals surface area contributed by atoms with Crippen LogP contribution in [0.25, 0.3) is 6.08 Å². The Bertz CT molecular complexity index is 1010. The first-order valence-corrected chi connectivity index (χ1v) is 9.49. The number of para-hydroxylation sites is 1. The monoisotopic (exact) mass is 411 g/mol. The molecule has 1 amide bonds. The molecule has 8 heteroatoms. The van der Waals surface area contributed by atoms with Crippen molar-refractivity contribution in [3.8, 4) is 17.6 Å². The molecule has 1 fully saturated rings. The number of rotatable bonds is 6. The maximum absolute atomic E-state index is 12.3. The van der Waals surface area contributed by atoms with Crippen LogP contribution in [-0.4, -0.2) is 16.9 Å². The number of hydrogen-bond acceptors (Lipinski definition) is 5. The lowest BCUT2D eigenvalue weighted by Gasteiger charge is -2.11. The summed E-state index contributed by atoms with van der Waals surface area (Å²) in [6, 6.07) is 12.8. The van der Waals surface area contributed by atoms with E-state index in [1.807, 2.05) is 6.07 Å². The molecule has 1 aliphatic rings. The number of hydrogen-bond donors (Lipinski definition) is 1. The molecule has 1 aliphatic carbocycles. The van der Waals surface area contributed by atoms with Gasteiger partial charge in [0.15, 0.2) is 0 Å². The van der Waals surface area contributed by atoms with E-state index in [0.717, 1.165) is 25.7 Å². The minimum absolute atomic E-state index is 0.00849. The molecule has 0 heterocycles. The Morgan fingerprint density at radius 1 is 1.24 bits per heavy atom. The SMILES string of the molecule is N#C/C(=C\c1ccc(Oc2ccccc2Cl)c([N+](=O)[O-])c1)C(=O)NC1CCCC1. The Hall–Kier alpha value is -3.37. The quantitative estimate of drug-likeness (QED) is 0.311. The molecule has 29 heavy (non-hydrogen) atoms. The Morgan fingerprint density at radius 3 is 2.62 bits per heavy atom. The van der Waals surface area contributed by atoms with Crippen molar-refractivity contribution in [2.45, 2.75) is 31.7 Å². The lowest BCUT2D eigenvalue weighted by atomic mass is 10.1. The van der Waals surface area contributed by atoms with Crippen LogP contribution in [0.1, 0.15) is 31.2 Å². The number of halogens is 1. The Balaban J connectivity index is 1.86. The second-order valence-electron chi connectivity index (χ2n) is 6.64. The molecule has 148 valence electrons. The van der Waals surface area contributed by atoms with Gasteiger partial charge < -0.3 is 10.1 Å². The third kappa shape index (κ3) is 5.12. The summed E-state index contributed by atoms with van der Waals surface area (Å²) < 4.78 is 5.59. The second-order valence-corrected chi connectivity index (χ2v) is 7.05. The minimum atomic E-state index is -0.589. The van der Waals surface area contributed by atoms with Gasteiger partial charge in [-0.1, -0.05) is 42.6 Å². The maximum Gasteiger partial charge on any atom is 0.312 e. The number of nitro groups is 1. The van der Waals surface area contributed by atoms with Gasteiger partial charge in [0.25, 0.3) is 5.91 Å². The summed E-state index contributed by atoms with van der Waals surface area (Å²) in [5, 5.41) is 24.0. The molecule has 0 saturated heterocycles. The smallest absolute Gasteiger partial charge is 0.312 e. The Kier molecular flexibility index (Phi) is 6.47. The summed E-state index contributed by atoms with van der Waals surface area (Å²) >= 11 is 6.04. The molecular weight excluding hydrogens is 394 g/mol. The zero-order chi connectivity index (χ0) is 20.8. The number of nitrogens with one attached hydrogen (secondary N) is 1. The summed E-state index contributed by atoms with van der Waals surface area (Å²) in [4.78, 5) is 23.2. The highest BCUT2D eigenvalue weighted by Gasteiger charge is 2.21. The first kappa shape index (κ1) is 20.4. The topological polar surface area (TPSA) is 105 Å². The van der Waals surface area contributed by atoms with Gasteiger partial charge in [-0.3, -0.25) is 14.9 Å². The number of amides is 1. The second kappa shape index (κ2) is 9.22. The van der Waals surface area contributed by atoms with Crippen LogP contribution in [0.15, 0.2) is 48.0 Å².